The Labute approximate surface area is 253 Å². The summed E-state index contributed by atoms with van der Waals surface area (Å²) in [6.07, 6.45) is 5.34. The molecule has 1 saturated heterocycles. The average molecular weight is 597 g/mol. The number of amides is 2. The maximum Gasteiger partial charge on any atom is 0.328 e. The van der Waals surface area contributed by atoms with E-state index >= 15 is 0 Å². The molecule has 3 atom stereocenters. The van der Waals surface area contributed by atoms with Gasteiger partial charge in [-0.25, -0.2) is 4.79 Å². The third-order valence-electron chi connectivity index (χ3n) is 8.17. The molecule has 10 nitrogen and oxygen atoms in total. The number of methoxy groups -OCH3 is 2. The van der Waals surface area contributed by atoms with Crippen LogP contribution in [0.1, 0.15) is 56.1 Å². The van der Waals surface area contributed by atoms with Crippen molar-refractivity contribution in [2.75, 3.05) is 34.0 Å². The van der Waals surface area contributed by atoms with E-state index in [0.717, 1.165) is 37.7 Å². The number of carbonyl (C=O) groups is 3. The number of phenols is 1. The summed E-state index contributed by atoms with van der Waals surface area (Å²) in [4.78, 5) is 41.6. The Kier molecular flexibility index (Phi) is 12.2. The van der Waals surface area contributed by atoms with E-state index in [1.165, 1.54) is 31.3 Å². The molecule has 2 aromatic carbocycles. The summed E-state index contributed by atoms with van der Waals surface area (Å²) in [6, 6.07) is 13.0. The number of nitrogens with one attached hydrogen (secondary N) is 1. The van der Waals surface area contributed by atoms with Crippen LogP contribution in [0.2, 0.25) is 0 Å². The molecule has 0 bridgehead atoms. The first-order valence-corrected chi connectivity index (χ1v) is 15.2. The zero-order chi connectivity index (χ0) is 30.6. The van der Waals surface area contributed by atoms with Gasteiger partial charge in [-0.15, -0.1) is 0 Å². The highest BCUT2D eigenvalue weighted by molar-refractivity contribution is 5.92. The maximum absolute atomic E-state index is 14.1. The summed E-state index contributed by atoms with van der Waals surface area (Å²) in [6.45, 7) is 1.74. The Morgan fingerprint density at radius 3 is 2.49 bits per heavy atom. The summed E-state index contributed by atoms with van der Waals surface area (Å²) < 4.78 is 22.1. The number of carbonyl (C=O) groups excluding carboxylic acids is 3. The fourth-order valence-electron chi connectivity index (χ4n) is 6.00. The van der Waals surface area contributed by atoms with Crippen LogP contribution in [-0.4, -0.2) is 80.0 Å². The lowest BCUT2D eigenvalue weighted by Gasteiger charge is -2.34. The molecule has 1 aliphatic heterocycles. The summed E-state index contributed by atoms with van der Waals surface area (Å²) >= 11 is 0. The van der Waals surface area contributed by atoms with E-state index < -0.39 is 18.1 Å². The molecule has 0 aromatic heterocycles. The van der Waals surface area contributed by atoms with Crippen LogP contribution in [0.15, 0.2) is 48.5 Å². The van der Waals surface area contributed by atoms with Crippen LogP contribution < -0.4 is 10.1 Å². The second-order valence-corrected chi connectivity index (χ2v) is 11.3. The average Bonchev–Trinajstić information content (AvgIpc) is 3.45. The highest BCUT2D eigenvalue weighted by Gasteiger charge is 2.44. The van der Waals surface area contributed by atoms with Gasteiger partial charge < -0.3 is 34.3 Å². The second-order valence-electron chi connectivity index (χ2n) is 11.3. The minimum Gasteiger partial charge on any atom is -0.508 e. The molecule has 43 heavy (non-hydrogen) atoms. The van der Waals surface area contributed by atoms with Crippen molar-refractivity contribution in [3.05, 3.63) is 59.7 Å². The lowest BCUT2D eigenvalue weighted by atomic mass is 9.83. The number of aromatic hydroxyl groups is 1. The van der Waals surface area contributed by atoms with Gasteiger partial charge in [0.05, 0.1) is 33.4 Å². The van der Waals surface area contributed by atoms with Gasteiger partial charge in [0.2, 0.25) is 11.8 Å². The van der Waals surface area contributed by atoms with E-state index in [-0.39, 0.29) is 42.6 Å². The lowest BCUT2D eigenvalue weighted by Crippen LogP contribution is -2.55. The molecule has 1 saturated carbocycles. The van der Waals surface area contributed by atoms with E-state index in [2.05, 4.69) is 5.32 Å². The van der Waals surface area contributed by atoms with Gasteiger partial charge in [-0.2, -0.15) is 0 Å². The first-order chi connectivity index (χ1) is 20.9. The van der Waals surface area contributed by atoms with E-state index in [9.17, 15) is 19.5 Å². The maximum atomic E-state index is 14.1. The minimum absolute atomic E-state index is 0.00570. The molecule has 234 valence electrons. The van der Waals surface area contributed by atoms with Crippen molar-refractivity contribution < 1.29 is 38.4 Å². The summed E-state index contributed by atoms with van der Waals surface area (Å²) in [5, 5.41) is 13.0. The van der Waals surface area contributed by atoms with Crippen LogP contribution in [0.5, 0.6) is 11.5 Å². The number of ether oxygens (including phenoxy) is 4. The molecular formula is C33H44N2O8. The zero-order valence-corrected chi connectivity index (χ0v) is 25.2. The predicted octanol–water partition coefficient (Wildman–Crippen LogP) is 3.77. The van der Waals surface area contributed by atoms with Crippen molar-refractivity contribution in [3.8, 4) is 11.5 Å². The van der Waals surface area contributed by atoms with E-state index in [1.54, 1.807) is 6.07 Å². The van der Waals surface area contributed by atoms with Crippen molar-refractivity contribution in [2.24, 2.45) is 5.92 Å². The molecule has 0 radical (unpaired) electrons. The Hall–Kier alpha value is -3.63. The van der Waals surface area contributed by atoms with Gasteiger partial charge in [0, 0.05) is 32.2 Å². The molecule has 1 heterocycles. The Morgan fingerprint density at radius 1 is 1.00 bits per heavy atom. The number of esters is 1. The molecule has 1 aliphatic carbocycles. The predicted molar refractivity (Wildman–Crippen MR) is 159 cm³/mol. The number of hydrogen-bond donors (Lipinski definition) is 2. The smallest absolute Gasteiger partial charge is 0.328 e. The molecule has 2 N–H and O–H groups in total. The summed E-state index contributed by atoms with van der Waals surface area (Å²) in [5.41, 5.74) is 1.68. The minimum atomic E-state index is -0.782. The summed E-state index contributed by atoms with van der Waals surface area (Å²) in [5.74, 6) is -0.728. The monoisotopic (exact) mass is 596 g/mol. The standard InChI is InChI=1S/C33H44N2O8/c1-40-27-17-24(16-26(36)19-27)18-30(37)34-31(25-12-7-4-8-13-25)32(38)35-21-28(20-29(35)33(39)41-2)43-15-9-14-42-22-23-10-5-3-6-11-23/h3,5-6,10-11,16-17,19,25,28-29,31,36H,4,7-9,12-15,18,20-22H2,1-2H3,(H,34,37)/t28-,29+,31+/m1/s1. The molecule has 2 fully saturated rings. The van der Waals surface area contributed by atoms with Crippen LogP contribution in [0.25, 0.3) is 0 Å². The molecular weight excluding hydrogens is 552 g/mol. The first kappa shape index (κ1) is 32.3. The Balaban J connectivity index is 1.37. The fraction of sp³-hybridized carbons (Fsp3) is 0.545. The SMILES string of the molecule is COC(=O)[C@@H]1C[C@@H](OCCCOCc2ccccc2)CN1C(=O)[C@@H](NC(=O)Cc1cc(O)cc(OC)c1)C1CCCCC1. The molecule has 10 heteroatoms. The quantitative estimate of drug-likeness (QED) is 0.250. The number of rotatable bonds is 14. The Morgan fingerprint density at radius 2 is 1.77 bits per heavy atom. The number of nitrogens with zero attached hydrogens (tertiary/aromatic N) is 1. The van der Waals surface area contributed by atoms with Gasteiger partial charge in [0.15, 0.2) is 0 Å². The second kappa shape index (κ2) is 16.3. The van der Waals surface area contributed by atoms with Gasteiger partial charge in [-0.1, -0.05) is 49.6 Å². The molecule has 4 rings (SSSR count). The van der Waals surface area contributed by atoms with Crippen LogP contribution in [0.4, 0.5) is 0 Å². The molecule has 2 aliphatic rings. The normalized spacial score (nSPS) is 19.5. The van der Waals surface area contributed by atoms with Crippen molar-refractivity contribution in [3.63, 3.8) is 0 Å². The fourth-order valence-corrected chi connectivity index (χ4v) is 6.00. The molecule has 0 spiro atoms. The third kappa shape index (κ3) is 9.43. The van der Waals surface area contributed by atoms with E-state index in [4.69, 9.17) is 18.9 Å². The van der Waals surface area contributed by atoms with Gasteiger partial charge in [0.25, 0.3) is 0 Å². The van der Waals surface area contributed by atoms with Crippen molar-refractivity contribution in [2.45, 2.75) is 76.2 Å². The van der Waals surface area contributed by atoms with Crippen LogP contribution in [-0.2, 0) is 41.6 Å². The molecule has 2 aromatic rings. The van der Waals surface area contributed by atoms with Crippen molar-refractivity contribution >= 4 is 17.8 Å². The van der Waals surface area contributed by atoms with Gasteiger partial charge in [-0.3, -0.25) is 9.59 Å². The molecule has 2 amide bonds. The highest BCUT2D eigenvalue weighted by Crippen LogP contribution is 2.30. The zero-order valence-electron chi connectivity index (χ0n) is 25.2. The van der Waals surface area contributed by atoms with Crippen molar-refractivity contribution in [1.29, 1.82) is 0 Å². The van der Waals surface area contributed by atoms with Gasteiger partial charge in [-0.05, 0) is 48.4 Å². The van der Waals surface area contributed by atoms with Gasteiger partial charge in [0.1, 0.15) is 23.6 Å². The summed E-state index contributed by atoms with van der Waals surface area (Å²) in [7, 11) is 2.80. The van der Waals surface area contributed by atoms with Crippen molar-refractivity contribution in [1.82, 2.24) is 10.2 Å². The number of phenolic OH excluding ortho intramolecular Hbond substituents is 1. The highest BCUT2D eigenvalue weighted by atomic mass is 16.5. The third-order valence-corrected chi connectivity index (χ3v) is 8.17. The number of benzene rings is 2. The van der Waals surface area contributed by atoms with E-state index in [1.807, 2.05) is 30.3 Å². The van der Waals surface area contributed by atoms with E-state index in [0.29, 0.717) is 44.0 Å². The van der Waals surface area contributed by atoms with Crippen LogP contribution >= 0.6 is 0 Å². The number of hydrogen-bond acceptors (Lipinski definition) is 8. The van der Waals surface area contributed by atoms with Crippen LogP contribution in [0.3, 0.4) is 0 Å². The van der Waals surface area contributed by atoms with Gasteiger partial charge >= 0.3 is 5.97 Å². The van der Waals surface area contributed by atoms with Crippen LogP contribution in [0, 0.1) is 5.92 Å². The lowest BCUT2D eigenvalue weighted by molar-refractivity contribution is -0.152. The largest absolute Gasteiger partial charge is 0.508 e. The number of likely N-dealkylation sites (tertiary alicyclic amines) is 1. The first-order valence-electron chi connectivity index (χ1n) is 15.2. The topological polar surface area (TPSA) is 124 Å². The Bertz CT molecular complexity index is 1200. The molecule has 0 unspecified atom stereocenters.